The second-order valence-electron chi connectivity index (χ2n) is 7.87. The number of amidine groups is 1. The van der Waals surface area contributed by atoms with Crippen LogP contribution >= 0.6 is 0 Å². The number of rotatable bonds is 6. The number of hydrogen-bond acceptors (Lipinski definition) is 3. The Morgan fingerprint density at radius 3 is 2.40 bits per heavy atom. The van der Waals surface area contributed by atoms with Crippen LogP contribution in [0.4, 0.5) is 10.6 Å². The predicted molar refractivity (Wildman–Crippen MR) is 118 cm³/mol. The van der Waals surface area contributed by atoms with Gasteiger partial charge >= 0.3 is 6.03 Å². The van der Waals surface area contributed by atoms with Gasteiger partial charge in [-0.15, -0.1) is 0 Å². The molecule has 6 heteroatoms. The molecule has 0 radical (unpaired) electrons. The van der Waals surface area contributed by atoms with E-state index in [9.17, 15) is 4.79 Å². The van der Waals surface area contributed by atoms with Crippen molar-refractivity contribution in [3.05, 3.63) is 83.8 Å². The molecule has 6 nitrogen and oxygen atoms in total. The van der Waals surface area contributed by atoms with Crippen molar-refractivity contribution >= 4 is 17.7 Å². The number of carbonyl (C=O) groups excluding carboxylic acids is 1. The van der Waals surface area contributed by atoms with Crippen LogP contribution in [0.25, 0.3) is 0 Å². The van der Waals surface area contributed by atoms with Gasteiger partial charge < -0.3 is 4.57 Å². The van der Waals surface area contributed by atoms with Gasteiger partial charge in [0.05, 0.1) is 18.9 Å². The van der Waals surface area contributed by atoms with Gasteiger partial charge in [0.2, 0.25) is 0 Å². The van der Waals surface area contributed by atoms with E-state index in [1.54, 1.807) is 4.90 Å². The molecule has 2 aliphatic heterocycles. The van der Waals surface area contributed by atoms with E-state index in [-0.39, 0.29) is 12.1 Å². The van der Waals surface area contributed by atoms with Crippen molar-refractivity contribution in [3.8, 4) is 0 Å². The molecule has 0 fully saturated rings. The van der Waals surface area contributed by atoms with Crippen LogP contribution in [0.2, 0.25) is 0 Å². The monoisotopic (exact) mass is 399 g/mol. The van der Waals surface area contributed by atoms with Crippen molar-refractivity contribution in [2.75, 3.05) is 18.0 Å². The van der Waals surface area contributed by atoms with E-state index in [2.05, 4.69) is 40.7 Å². The normalized spacial score (nSPS) is 17.7. The Morgan fingerprint density at radius 1 is 1.00 bits per heavy atom. The highest BCUT2D eigenvalue weighted by atomic mass is 16.2. The number of fused-ring (bicyclic) bond motifs is 3. The summed E-state index contributed by atoms with van der Waals surface area (Å²) in [4.78, 5) is 26.5. The summed E-state index contributed by atoms with van der Waals surface area (Å²) >= 11 is 0. The lowest BCUT2D eigenvalue weighted by Crippen LogP contribution is -2.51. The zero-order valence-corrected chi connectivity index (χ0v) is 17.1. The molecule has 0 aliphatic carbocycles. The third-order valence-corrected chi connectivity index (χ3v) is 5.66. The van der Waals surface area contributed by atoms with E-state index in [0.717, 1.165) is 30.2 Å². The van der Waals surface area contributed by atoms with Gasteiger partial charge in [0, 0.05) is 13.1 Å². The second-order valence-corrected chi connectivity index (χ2v) is 7.87. The van der Waals surface area contributed by atoms with Crippen molar-refractivity contribution in [2.45, 2.75) is 32.4 Å². The first-order valence-electron chi connectivity index (χ1n) is 10.5. The Hall–Kier alpha value is -3.41. The van der Waals surface area contributed by atoms with Crippen LogP contribution in [0.3, 0.4) is 0 Å². The molecule has 2 aliphatic rings. The summed E-state index contributed by atoms with van der Waals surface area (Å²) in [6, 6.07) is 20.7. The Kier molecular flexibility index (Phi) is 4.83. The van der Waals surface area contributed by atoms with E-state index in [0.29, 0.717) is 19.6 Å². The van der Waals surface area contributed by atoms with Gasteiger partial charge in [-0.25, -0.2) is 9.78 Å². The minimum Gasteiger partial charge on any atom is -0.322 e. The number of amides is 2. The van der Waals surface area contributed by atoms with Crippen LogP contribution in [0.15, 0.2) is 72.0 Å². The van der Waals surface area contributed by atoms with Crippen molar-refractivity contribution in [1.29, 1.82) is 0 Å². The molecule has 2 aromatic carbocycles. The third-order valence-electron chi connectivity index (χ3n) is 5.66. The van der Waals surface area contributed by atoms with Gasteiger partial charge in [-0.2, -0.15) is 0 Å². The van der Waals surface area contributed by atoms with Crippen molar-refractivity contribution in [3.63, 3.8) is 0 Å². The van der Waals surface area contributed by atoms with Crippen molar-refractivity contribution in [2.24, 2.45) is 4.99 Å². The molecule has 30 heavy (non-hydrogen) atoms. The Morgan fingerprint density at radius 2 is 1.70 bits per heavy atom. The molecule has 0 N–H and O–H groups in total. The first-order chi connectivity index (χ1) is 14.7. The van der Waals surface area contributed by atoms with Crippen molar-refractivity contribution in [1.82, 2.24) is 14.5 Å². The van der Waals surface area contributed by atoms with Crippen LogP contribution in [0.1, 0.15) is 30.2 Å². The molecule has 5 rings (SSSR count). The first kappa shape index (κ1) is 18.6. The fraction of sp³-hybridized carbons (Fsp3) is 0.292. The summed E-state index contributed by atoms with van der Waals surface area (Å²) < 4.78 is 2.12. The molecule has 2 amide bonds. The maximum absolute atomic E-state index is 13.2. The SMILES string of the molecule is CCCN1C(=O)N2C[C@@H](Cc3ccccc3)N=C2c2c1ncn2Cc1ccccc1. The molecular weight excluding hydrogens is 374 g/mol. The number of carbonyl (C=O) groups is 1. The number of hydrogen-bond donors (Lipinski definition) is 0. The number of urea groups is 1. The van der Waals surface area contributed by atoms with Gasteiger partial charge in [-0.1, -0.05) is 67.6 Å². The fourth-order valence-corrected chi connectivity index (χ4v) is 4.29. The van der Waals surface area contributed by atoms with Crippen LogP contribution < -0.4 is 4.90 Å². The van der Waals surface area contributed by atoms with E-state index in [1.807, 2.05) is 47.6 Å². The Labute approximate surface area is 176 Å². The lowest BCUT2D eigenvalue weighted by Gasteiger charge is -2.33. The molecule has 0 unspecified atom stereocenters. The molecule has 0 spiro atoms. The van der Waals surface area contributed by atoms with Crippen molar-refractivity contribution < 1.29 is 4.79 Å². The zero-order valence-electron chi connectivity index (χ0n) is 17.1. The summed E-state index contributed by atoms with van der Waals surface area (Å²) in [6.45, 7) is 4.05. The molecule has 152 valence electrons. The number of benzene rings is 2. The second kappa shape index (κ2) is 7.78. The molecule has 0 bridgehead atoms. The molecule has 1 aromatic heterocycles. The average molecular weight is 399 g/mol. The highest BCUT2D eigenvalue weighted by molar-refractivity contribution is 6.18. The number of aliphatic imine (C=N–C) groups is 1. The smallest absolute Gasteiger partial charge is 0.322 e. The first-order valence-corrected chi connectivity index (χ1v) is 10.5. The summed E-state index contributed by atoms with van der Waals surface area (Å²) in [6.07, 6.45) is 3.54. The maximum atomic E-state index is 13.2. The average Bonchev–Trinajstić information content (AvgIpc) is 3.37. The van der Waals surface area contributed by atoms with Crippen LogP contribution in [-0.2, 0) is 13.0 Å². The predicted octanol–water partition coefficient (Wildman–Crippen LogP) is 3.95. The third kappa shape index (κ3) is 3.28. The van der Waals surface area contributed by atoms with Gasteiger partial charge in [0.25, 0.3) is 0 Å². The summed E-state index contributed by atoms with van der Waals surface area (Å²) in [7, 11) is 0. The maximum Gasteiger partial charge on any atom is 0.331 e. The molecule has 1 atom stereocenters. The summed E-state index contributed by atoms with van der Waals surface area (Å²) in [5.74, 6) is 1.49. The highest BCUT2D eigenvalue weighted by Gasteiger charge is 2.42. The van der Waals surface area contributed by atoms with E-state index in [4.69, 9.17) is 4.99 Å². The highest BCUT2D eigenvalue weighted by Crippen LogP contribution is 2.32. The number of nitrogens with zero attached hydrogens (tertiary/aromatic N) is 5. The zero-order chi connectivity index (χ0) is 20.5. The quantitative estimate of drug-likeness (QED) is 0.630. The van der Waals surface area contributed by atoms with Crippen LogP contribution in [0, 0.1) is 0 Å². The summed E-state index contributed by atoms with van der Waals surface area (Å²) in [5, 5.41) is 0. The largest absolute Gasteiger partial charge is 0.331 e. The van der Waals surface area contributed by atoms with Gasteiger partial charge in [0.15, 0.2) is 11.7 Å². The molecule has 3 aromatic rings. The molecule has 0 saturated heterocycles. The lowest BCUT2D eigenvalue weighted by atomic mass is 10.1. The Bertz CT molecular complexity index is 1070. The number of aromatic nitrogens is 2. The minimum absolute atomic E-state index is 0.0105. The topological polar surface area (TPSA) is 53.7 Å². The lowest BCUT2D eigenvalue weighted by molar-refractivity contribution is 0.226. The number of anilines is 1. The van der Waals surface area contributed by atoms with Gasteiger partial charge in [-0.3, -0.25) is 14.8 Å². The van der Waals surface area contributed by atoms with E-state index in [1.165, 1.54) is 11.1 Å². The molecule has 3 heterocycles. The molecular formula is C24H25N5O. The summed E-state index contributed by atoms with van der Waals surface area (Å²) in [5.41, 5.74) is 3.38. The van der Waals surface area contributed by atoms with E-state index >= 15 is 0 Å². The fourth-order valence-electron chi connectivity index (χ4n) is 4.29. The van der Waals surface area contributed by atoms with Crippen LogP contribution in [0.5, 0.6) is 0 Å². The molecule has 0 saturated carbocycles. The van der Waals surface area contributed by atoms with Crippen LogP contribution in [-0.4, -0.2) is 45.4 Å². The van der Waals surface area contributed by atoms with Gasteiger partial charge in [0.1, 0.15) is 5.69 Å². The Balaban J connectivity index is 1.52. The standard InChI is InChI=1S/C24H25N5O/c1-2-13-28-22-21(27(17-25-22)15-19-11-7-4-8-12-19)23-26-20(16-29(23)24(28)30)14-18-9-5-3-6-10-18/h3-12,17,20H,2,13-16H2,1H3/t20-/m1/s1. The number of imidazole rings is 1. The van der Waals surface area contributed by atoms with Gasteiger partial charge in [-0.05, 0) is 24.0 Å². The minimum atomic E-state index is -0.0105. The van der Waals surface area contributed by atoms with E-state index < -0.39 is 0 Å².